The maximum Gasteiger partial charge on any atom is 0.248 e. The largest absolute Gasteiger partial charge is 0.465 e. The number of aromatic nitrogens is 1. The Hall–Kier alpha value is -2.39. The van der Waals surface area contributed by atoms with Crippen LogP contribution in [0.2, 0.25) is 0 Å². The van der Waals surface area contributed by atoms with E-state index in [4.69, 9.17) is 8.94 Å². The molecule has 9 heteroatoms. The molecule has 1 saturated heterocycles. The molecule has 2 fully saturated rings. The lowest BCUT2D eigenvalue weighted by Gasteiger charge is -2.32. The van der Waals surface area contributed by atoms with Crippen LogP contribution in [0.3, 0.4) is 0 Å². The number of piperidine rings is 1. The Labute approximate surface area is 195 Å². The molecule has 1 atom stereocenters. The van der Waals surface area contributed by atoms with Crippen LogP contribution >= 0.6 is 0 Å². The maximum atomic E-state index is 13.5. The van der Waals surface area contributed by atoms with Gasteiger partial charge in [-0.1, -0.05) is 37.3 Å². The SMILES string of the molecule is Cc1noc(/C=C/c2ccco2)c1S(=O)(=O)N1CCC[C@H](C(=O)NC2CCCCCCC2)C1. The van der Waals surface area contributed by atoms with Gasteiger partial charge >= 0.3 is 0 Å². The minimum Gasteiger partial charge on any atom is -0.465 e. The molecule has 8 nitrogen and oxygen atoms in total. The van der Waals surface area contributed by atoms with Crippen LogP contribution in [-0.4, -0.2) is 42.9 Å². The lowest BCUT2D eigenvalue weighted by atomic mass is 9.94. The number of sulfonamides is 1. The number of aryl methyl sites for hydroxylation is 1. The molecule has 1 aliphatic carbocycles. The zero-order valence-corrected chi connectivity index (χ0v) is 20.0. The zero-order valence-electron chi connectivity index (χ0n) is 19.2. The summed E-state index contributed by atoms with van der Waals surface area (Å²) in [4.78, 5) is 13.1. The molecule has 1 amide bonds. The summed E-state index contributed by atoms with van der Waals surface area (Å²) in [6.45, 7) is 2.16. The number of hydrogen-bond acceptors (Lipinski definition) is 6. The van der Waals surface area contributed by atoms with E-state index in [2.05, 4.69) is 10.5 Å². The second-order valence-corrected chi connectivity index (χ2v) is 10.9. The smallest absolute Gasteiger partial charge is 0.248 e. The number of carbonyl (C=O) groups excluding carboxylic acids is 1. The van der Waals surface area contributed by atoms with Crippen molar-refractivity contribution in [3.8, 4) is 0 Å². The van der Waals surface area contributed by atoms with Gasteiger partial charge in [0.25, 0.3) is 0 Å². The Bertz CT molecular complexity index is 1050. The third-order valence-corrected chi connectivity index (χ3v) is 8.60. The molecule has 0 aromatic carbocycles. The standard InChI is InChI=1S/C24H33N3O5S/c1-18-23(22(32-26-18)14-13-21-12-8-16-31-21)33(29,30)27-15-7-9-19(17-27)24(28)25-20-10-5-3-2-4-6-11-20/h8,12-14,16,19-20H,2-7,9-11,15,17H2,1H3,(H,25,28)/b14-13+/t19-/m0/s1. The fourth-order valence-electron chi connectivity index (χ4n) is 4.77. The summed E-state index contributed by atoms with van der Waals surface area (Å²) in [5.41, 5.74) is 0.301. The summed E-state index contributed by atoms with van der Waals surface area (Å²) >= 11 is 0. The Morgan fingerprint density at radius 1 is 1.12 bits per heavy atom. The van der Waals surface area contributed by atoms with Crippen molar-refractivity contribution in [3.63, 3.8) is 0 Å². The van der Waals surface area contributed by atoms with Gasteiger partial charge in [0.15, 0.2) is 10.7 Å². The van der Waals surface area contributed by atoms with Crippen molar-refractivity contribution in [2.45, 2.75) is 75.6 Å². The molecular formula is C24H33N3O5S. The summed E-state index contributed by atoms with van der Waals surface area (Å²) in [6, 6.07) is 3.71. The third kappa shape index (κ3) is 5.76. The van der Waals surface area contributed by atoms with E-state index in [9.17, 15) is 13.2 Å². The first-order valence-electron chi connectivity index (χ1n) is 11.9. The summed E-state index contributed by atoms with van der Waals surface area (Å²) in [6.07, 6.45) is 14.1. The minimum atomic E-state index is -3.87. The van der Waals surface area contributed by atoms with Gasteiger partial charge in [0.05, 0.1) is 12.2 Å². The van der Waals surface area contributed by atoms with E-state index in [1.807, 2.05) is 0 Å². The molecule has 1 aliphatic heterocycles. The van der Waals surface area contributed by atoms with Crippen LogP contribution < -0.4 is 5.32 Å². The Balaban J connectivity index is 1.46. The fourth-order valence-corrected chi connectivity index (χ4v) is 6.54. The van der Waals surface area contributed by atoms with E-state index in [1.165, 1.54) is 23.6 Å². The molecule has 0 bridgehead atoms. The average Bonchev–Trinajstić information content (AvgIpc) is 3.43. The van der Waals surface area contributed by atoms with Crippen LogP contribution in [0.25, 0.3) is 12.2 Å². The van der Waals surface area contributed by atoms with Crippen LogP contribution in [0.4, 0.5) is 0 Å². The van der Waals surface area contributed by atoms with E-state index >= 15 is 0 Å². The zero-order chi connectivity index (χ0) is 23.3. The summed E-state index contributed by atoms with van der Waals surface area (Å²) in [5.74, 6) is 0.364. The van der Waals surface area contributed by atoms with Crippen molar-refractivity contribution in [1.82, 2.24) is 14.8 Å². The number of nitrogens with one attached hydrogen (secondary N) is 1. The predicted molar refractivity (Wildman–Crippen MR) is 125 cm³/mol. The minimum absolute atomic E-state index is 0.0274. The van der Waals surface area contributed by atoms with E-state index in [0.29, 0.717) is 30.8 Å². The first kappa shape index (κ1) is 23.8. The molecule has 2 aromatic heterocycles. The highest BCUT2D eigenvalue weighted by atomic mass is 32.2. The fraction of sp³-hybridized carbons (Fsp3) is 0.583. The lowest BCUT2D eigenvalue weighted by molar-refractivity contribution is -0.126. The molecule has 1 N–H and O–H groups in total. The van der Waals surface area contributed by atoms with Crippen molar-refractivity contribution in [3.05, 3.63) is 35.6 Å². The molecule has 0 radical (unpaired) electrons. The van der Waals surface area contributed by atoms with Crippen LogP contribution in [-0.2, 0) is 14.8 Å². The van der Waals surface area contributed by atoms with Crippen molar-refractivity contribution in [2.75, 3.05) is 13.1 Å². The van der Waals surface area contributed by atoms with E-state index < -0.39 is 10.0 Å². The molecule has 0 unspecified atom stereocenters. The van der Waals surface area contributed by atoms with E-state index in [0.717, 1.165) is 25.7 Å². The van der Waals surface area contributed by atoms with Crippen molar-refractivity contribution >= 4 is 28.1 Å². The summed E-state index contributed by atoms with van der Waals surface area (Å²) in [5, 5.41) is 7.09. The summed E-state index contributed by atoms with van der Waals surface area (Å²) < 4.78 is 39.0. The highest BCUT2D eigenvalue weighted by molar-refractivity contribution is 7.89. The van der Waals surface area contributed by atoms with Crippen LogP contribution in [0.15, 0.2) is 32.2 Å². The molecule has 33 heavy (non-hydrogen) atoms. The number of carbonyl (C=O) groups is 1. The molecule has 0 spiro atoms. The van der Waals surface area contributed by atoms with Gasteiger partial charge < -0.3 is 14.3 Å². The molecule has 4 rings (SSSR count). The second kappa shape index (κ2) is 10.7. The van der Waals surface area contributed by atoms with Crippen molar-refractivity contribution in [2.24, 2.45) is 5.92 Å². The van der Waals surface area contributed by atoms with Gasteiger partial charge in [0.2, 0.25) is 15.9 Å². The Morgan fingerprint density at radius 3 is 2.61 bits per heavy atom. The van der Waals surface area contributed by atoms with Crippen LogP contribution in [0.5, 0.6) is 0 Å². The maximum absolute atomic E-state index is 13.5. The van der Waals surface area contributed by atoms with E-state index in [-0.39, 0.29) is 35.1 Å². The first-order valence-corrected chi connectivity index (χ1v) is 13.4. The highest BCUT2D eigenvalue weighted by Gasteiger charge is 2.37. The first-order chi connectivity index (χ1) is 15.9. The molecule has 3 heterocycles. The van der Waals surface area contributed by atoms with Crippen molar-refractivity contribution in [1.29, 1.82) is 0 Å². The number of amides is 1. The van der Waals surface area contributed by atoms with Gasteiger partial charge in [-0.05, 0) is 56.9 Å². The quantitative estimate of drug-likeness (QED) is 0.665. The monoisotopic (exact) mass is 475 g/mol. The predicted octanol–water partition coefficient (Wildman–Crippen LogP) is 4.38. The van der Waals surface area contributed by atoms with Gasteiger partial charge in [0.1, 0.15) is 11.5 Å². The highest BCUT2D eigenvalue weighted by Crippen LogP contribution is 2.29. The van der Waals surface area contributed by atoms with Crippen LogP contribution in [0.1, 0.15) is 75.0 Å². The topological polar surface area (TPSA) is 106 Å². The number of rotatable bonds is 6. The number of hydrogen-bond donors (Lipinski definition) is 1. The molecule has 1 saturated carbocycles. The molecule has 2 aliphatic rings. The normalized spacial score (nSPS) is 21.7. The van der Waals surface area contributed by atoms with E-state index in [1.54, 1.807) is 37.5 Å². The Morgan fingerprint density at radius 2 is 1.88 bits per heavy atom. The van der Waals surface area contributed by atoms with Crippen LogP contribution in [0, 0.1) is 12.8 Å². The number of furan rings is 1. The average molecular weight is 476 g/mol. The lowest BCUT2D eigenvalue weighted by Crippen LogP contribution is -2.47. The van der Waals surface area contributed by atoms with Gasteiger partial charge in [-0.25, -0.2) is 8.42 Å². The molecular weight excluding hydrogens is 442 g/mol. The van der Waals surface area contributed by atoms with Gasteiger partial charge in [-0.15, -0.1) is 0 Å². The van der Waals surface area contributed by atoms with Gasteiger partial charge in [-0.2, -0.15) is 4.31 Å². The molecule has 2 aromatic rings. The third-order valence-electron chi connectivity index (χ3n) is 6.58. The second-order valence-electron chi connectivity index (χ2n) is 9.06. The Kier molecular flexibility index (Phi) is 7.70. The van der Waals surface area contributed by atoms with Crippen molar-refractivity contribution < 1.29 is 22.2 Å². The van der Waals surface area contributed by atoms with Gasteiger partial charge in [-0.3, -0.25) is 4.79 Å². The summed E-state index contributed by atoms with van der Waals surface area (Å²) in [7, 11) is -3.87. The molecule has 180 valence electrons. The van der Waals surface area contributed by atoms with Gasteiger partial charge in [0, 0.05) is 19.1 Å². The number of nitrogens with zero attached hydrogens (tertiary/aromatic N) is 2.